The van der Waals surface area contributed by atoms with E-state index >= 15 is 0 Å². The first-order valence-electron chi connectivity index (χ1n) is 8.72. The van der Waals surface area contributed by atoms with Crippen molar-refractivity contribution in [3.05, 3.63) is 70.6 Å². The second-order valence-corrected chi connectivity index (χ2v) is 8.44. The summed E-state index contributed by atoms with van der Waals surface area (Å²) in [6.45, 7) is 0. The maximum atomic E-state index is 13.4. The Balaban J connectivity index is 1.40. The van der Waals surface area contributed by atoms with E-state index in [9.17, 15) is 23.2 Å². The summed E-state index contributed by atoms with van der Waals surface area (Å²) in [6, 6.07) is 10.2. The summed E-state index contributed by atoms with van der Waals surface area (Å²) in [4.78, 5) is 39.6. The second kappa shape index (κ2) is 8.33. The number of benzene rings is 2. The predicted molar refractivity (Wildman–Crippen MR) is 110 cm³/mol. The minimum absolute atomic E-state index is 0.313. The summed E-state index contributed by atoms with van der Waals surface area (Å²) in [5.41, 5.74) is 2.04. The van der Waals surface area contributed by atoms with E-state index in [0.29, 0.717) is 28.4 Å². The van der Waals surface area contributed by atoms with Crippen LogP contribution in [0.1, 0.15) is 15.9 Å². The Morgan fingerprint density at radius 1 is 1.10 bits per heavy atom. The Kier molecular flexibility index (Phi) is 5.60. The zero-order valence-electron chi connectivity index (χ0n) is 15.1. The molecule has 2 N–H and O–H groups in total. The molecule has 152 valence electrons. The number of rotatable bonds is 5. The van der Waals surface area contributed by atoms with Crippen molar-refractivity contribution in [2.75, 3.05) is 5.32 Å². The van der Waals surface area contributed by atoms with Gasteiger partial charge in [-0.05, 0) is 42.3 Å². The maximum absolute atomic E-state index is 13.4. The Hall–Kier alpha value is -3.11. The van der Waals surface area contributed by atoms with Gasteiger partial charge in [0.15, 0.2) is 16.8 Å². The van der Waals surface area contributed by atoms with Crippen LogP contribution in [0.5, 0.6) is 0 Å². The number of anilines is 1. The van der Waals surface area contributed by atoms with E-state index in [1.807, 2.05) is 0 Å². The van der Waals surface area contributed by atoms with Crippen LogP contribution in [0.2, 0.25) is 0 Å². The third kappa shape index (κ3) is 4.39. The number of carbonyl (C=O) groups excluding carboxylic acids is 3. The lowest BCUT2D eigenvalue weighted by atomic mass is 10.1. The fourth-order valence-electron chi connectivity index (χ4n) is 2.82. The molecule has 0 saturated carbocycles. The lowest BCUT2D eigenvalue weighted by Crippen LogP contribution is -2.25. The van der Waals surface area contributed by atoms with E-state index in [2.05, 4.69) is 15.6 Å². The van der Waals surface area contributed by atoms with Crippen molar-refractivity contribution in [2.45, 2.75) is 11.7 Å². The molecule has 0 spiro atoms. The van der Waals surface area contributed by atoms with E-state index in [-0.39, 0.29) is 17.1 Å². The molecule has 0 aliphatic carbocycles. The van der Waals surface area contributed by atoms with Gasteiger partial charge in [-0.25, -0.2) is 13.8 Å². The van der Waals surface area contributed by atoms with Crippen LogP contribution < -0.4 is 10.6 Å². The van der Waals surface area contributed by atoms with Crippen molar-refractivity contribution < 1.29 is 23.2 Å². The molecule has 1 fully saturated rings. The maximum Gasteiger partial charge on any atom is 0.286 e. The van der Waals surface area contributed by atoms with E-state index in [1.54, 1.807) is 29.6 Å². The average Bonchev–Trinajstić information content (AvgIpc) is 3.30. The van der Waals surface area contributed by atoms with Crippen LogP contribution in [0.15, 0.2) is 47.8 Å². The van der Waals surface area contributed by atoms with Crippen molar-refractivity contribution in [1.82, 2.24) is 10.3 Å². The molecule has 3 amide bonds. The minimum atomic E-state index is -0.968. The number of carbonyl (C=O) groups is 3. The molecule has 1 aromatic heterocycles. The monoisotopic (exact) mass is 445 g/mol. The van der Waals surface area contributed by atoms with Gasteiger partial charge in [-0.2, -0.15) is 0 Å². The molecule has 1 atom stereocenters. The molecule has 10 heteroatoms. The van der Waals surface area contributed by atoms with Crippen LogP contribution in [-0.4, -0.2) is 27.3 Å². The fourth-order valence-corrected chi connectivity index (χ4v) is 4.40. The van der Waals surface area contributed by atoms with Crippen molar-refractivity contribution in [3.8, 4) is 11.3 Å². The first-order valence-corrected chi connectivity index (χ1v) is 10.5. The number of nitrogens with one attached hydrogen (secondary N) is 2. The number of hydrogen-bond donors (Lipinski definition) is 2. The molecule has 1 aliphatic rings. The Bertz CT molecular complexity index is 1150. The largest absolute Gasteiger partial charge is 0.298 e. The van der Waals surface area contributed by atoms with E-state index < -0.39 is 16.9 Å². The smallest absolute Gasteiger partial charge is 0.286 e. The van der Waals surface area contributed by atoms with Gasteiger partial charge in [-0.15, -0.1) is 11.3 Å². The molecule has 2 heterocycles. The van der Waals surface area contributed by atoms with Crippen molar-refractivity contribution >= 4 is 45.3 Å². The first kappa shape index (κ1) is 20.2. The van der Waals surface area contributed by atoms with Crippen LogP contribution in [0.25, 0.3) is 11.3 Å². The second-order valence-electron chi connectivity index (χ2n) is 6.41. The lowest BCUT2D eigenvalue weighted by molar-refractivity contribution is -0.118. The Morgan fingerprint density at radius 3 is 2.53 bits per heavy atom. The molecule has 3 aromatic rings. The van der Waals surface area contributed by atoms with Gasteiger partial charge in [-0.1, -0.05) is 23.9 Å². The summed E-state index contributed by atoms with van der Waals surface area (Å²) in [5.74, 6) is -2.60. The van der Waals surface area contributed by atoms with E-state index in [4.69, 9.17) is 0 Å². The van der Waals surface area contributed by atoms with Gasteiger partial charge in [0.05, 0.1) is 10.9 Å². The SMILES string of the molecule is O=C1NC(=O)C(Cc2ccc(C(=O)Nc3nc(-c4ccc(F)c(F)c4)cs3)cc2)S1. The fraction of sp³-hybridized carbons (Fsp3) is 0.100. The van der Waals surface area contributed by atoms with Gasteiger partial charge in [0.2, 0.25) is 5.91 Å². The molecule has 1 saturated heterocycles. The quantitative estimate of drug-likeness (QED) is 0.614. The van der Waals surface area contributed by atoms with Crippen molar-refractivity contribution in [1.29, 1.82) is 0 Å². The number of halogens is 2. The number of hydrogen-bond acceptors (Lipinski definition) is 6. The molecule has 6 nitrogen and oxygen atoms in total. The van der Waals surface area contributed by atoms with Crippen LogP contribution in [0.3, 0.4) is 0 Å². The standard InChI is InChI=1S/C20H13F2N3O3S2/c21-13-6-5-12(8-14(13)22)15-9-29-19(23-15)24-17(26)11-3-1-10(2-4-11)7-16-18(27)25-20(28)30-16/h1-6,8-9,16H,7H2,(H,23,24,26)(H,25,27,28). The van der Waals surface area contributed by atoms with Crippen LogP contribution in [-0.2, 0) is 11.2 Å². The summed E-state index contributed by atoms with van der Waals surface area (Å²) >= 11 is 2.12. The van der Waals surface area contributed by atoms with Crippen molar-refractivity contribution in [2.24, 2.45) is 0 Å². The zero-order chi connectivity index (χ0) is 21.3. The highest BCUT2D eigenvalue weighted by Crippen LogP contribution is 2.27. The predicted octanol–water partition coefficient (Wildman–Crippen LogP) is 4.23. The molecular weight excluding hydrogens is 432 g/mol. The van der Waals surface area contributed by atoms with E-state index in [0.717, 1.165) is 40.8 Å². The molecule has 30 heavy (non-hydrogen) atoms. The number of aromatic nitrogens is 1. The van der Waals surface area contributed by atoms with Gasteiger partial charge >= 0.3 is 0 Å². The van der Waals surface area contributed by atoms with Crippen LogP contribution in [0, 0.1) is 11.6 Å². The third-order valence-electron chi connectivity index (χ3n) is 4.34. The zero-order valence-corrected chi connectivity index (χ0v) is 16.8. The number of imide groups is 1. The normalized spacial score (nSPS) is 15.9. The van der Waals surface area contributed by atoms with Gasteiger partial charge in [-0.3, -0.25) is 25.0 Å². The molecule has 4 rings (SSSR count). The molecule has 1 aliphatic heterocycles. The number of amides is 3. The molecule has 2 aromatic carbocycles. The number of thioether (sulfide) groups is 1. The molecule has 0 radical (unpaired) electrons. The van der Waals surface area contributed by atoms with Gasteiger partial charge in [0, 0.05) is 16.5 Å². The Labute approximate surface area is 177 Å². The summed E-state index contributed by atoms with van der Waals surface area (Å²) < 4.78 is 26.5. The van der Waals surface area contributed by atoms with Crippen molar-refractivity contribution in [3.63, 3.8) is 0 Å². The van der Waals surface area contributed by atoms with Gasteiger partial charge in [0.25, 0.3) is 11.1 Å². The Morgan fingerprint density at radius 2 is 1.87 bits per heavy atom. The molecule has 0 bridgehead atoms. The highest BCUT2D eigenvalue weighted by atomic mass is 32.2. The number of thiazole rings is 1. The van der Waals surface area contributed by atoms with Gasteiger partial charge < -0.3 is 0 Å². The minimum Gasteiger partial charge on any atom is -0.298 e. The summed E-state index contributed by atoms with van der Waals surface area (Å²) in [7, 11) is 0. The summed E-state index contributed by atoms with van der Waals surface area (Å²) in [5, 5.41) is 6.04. The lowest BCUT2D eigenvalue weighted by Gasteiger charge is -2.07. The molecule has 1 unspecified atom stereocenters. The van der Waals surface area contributed by atoms with Crippen LogP contribution in [0.4, 0.5) is 18.7 Å². The number of nitrogens with zero attached hydrogens (tertiary/aromatic N) is 1. The topological polar surface area (TPSA) is 88.2 Å². The molecular formula is C20H13F2N3O3S2. The third-order valence-corrected chi connectivity index (χ3v) is 6.08. The first-order chi connectivity index (χ1) is 14.4. The van der Waals surface area contributed by atoms with Gasteiger partial charge in [0.1, 0.15) is 0 Å². The van der Waals surface area contributed by atoms with Crippen LogP contribution >= 0.6 is 23.1 Å². The highest BCUT2D eigenvalue weighted by Gasteiger charge is 2.31. The average molecular weight is 445 g/mol. The summed E-state index contributed by atoms with van der Waals surface area (Å²) in [6.07, 6.45) is 0.383. The van der Waals surface area contributed by atoms with E-state index in [1.165, 1.54) is 6.07 Å². The highest BCUT2D eigenvalue weighted by molar-refractivity contribution is 8.15.